The molecule has 2 aromatic carbocycles. The number of hydrogen-bond acceptors (Lipinski definition) is 5. The van der Waals surface area contributed by atoms with Crippen molar-refractivity contribution in [1.29, 1.82) is 0 Å². The van der Waals surface area contributed by atoms with Gasteiger partial charge in [-0.2, -0.15) is 4.98 Å². The Bertz CT molecular complexity index is 1070. The molecule has 4 rings (SSSR count). The fourth-order valence-electron chi connectivity index (χ4n) is 2.40. The van der Waals surface area contributed by atoms with Crippen molar-refractivity contribution in [2.24, 2.45) is 0 Å². The predicted molar refractivity (Wildman–Crippen MR) is 92.5 cm³/mol. The van der Waals surface area contributed by atoms with Crippen molar-refractivity contribution in [3.8, 4) is 11.5 Å². The lowest BCUT2D eigenvalue weighted by molar-refractivity contribution is 0.420. The molecule has 4 aromatic rings. The van der Waals surface area contributed by atoms with Crippen LogP contribution in [0, 0.1) is 0 Å². The van der Waals surface area contributed by atoms with Crippen molar-refractivity contribution in [2.45, 2.75) is 6.54 Å². The Labute approximate surface area is 144 Å². The number of fused-ring (bicyclic) bond motifs is 1. The topological polar surface area (TPSA) is 73.8 Å². The molecule has 0 fully saturated rings. The summed E-state index contributed by atoms with van der Waals surface area (Å²) in [5.74, 6) is 0.839. The number of rotatable bonds is 3. The zero-order chi connectivity index (χ0) is 16.5. The Morgan fingerprint density at radius 1 is 1.08 bits per heavy atom. The van der Waals surface area contributed by atoms with Gasteiger partial charge in [0.15, 0.2) is 5.82 Å². The van der Waals surface area contributed by atoms with Crippen LogP contribution in [0.4, 0.5) is 0 Å². The molecule has 0 bridgehead atoms. The van der Waals surface area contributed by atoms with Gasteiger partial charge in [-0.3, -0.25) is 9.36 Å². The number of nitrogens with zero attached hydrogens (tertiary/aromatic N) is 4. The number of halogens is 1. The molecule has 24 heavy (non-hydrogen) atoms. The lowest BCUT2D eigenvalue weighted by atomic mass is 10.2. The molecule has 0 unspecified atom stereocenters. The van der Waals surface area contributed by atoms with Gasteiger partial charge in [-0.25, -0.2) is 4.98 Å². The van der Waals surface area contributed by atoms with Crippen LogP contribution in [0.2, 0.25) is 0 Å². The van der Waals surface area contributed by atoms with Gasteiger partial charge in [-0.1, -0.05) is 33.2 Å². The summed E-state index contributed by atoms with van der Waals surface area (Å²) in [6, 6.07) is 14.8. The van der Waals surface area contributed by atoms with Gasteiger partial charge in [-0.05, 0) is 36.4 Å². The molecular weight excluding hydrogens is 372 g/mol. The molecule has 0 saturated heterocycles. The van der Waals surface area contributed by atoms with Crippen LogP contribution < -0.4 is 5.56 Å². The van der Waals surface area contributed by atoms with E-state index in [0.29, 0.717) is 22.6 Å². The zero-order valence-corrected chi connectivity index (χ0v) is 14.0. The van der Waals surface area contributed by atoms with Crippen molar-refractivity contribution < 1.29 is 4.52 Å². The summed E-state index contributed by atoms with van der Waals surface area (Å²) >= 11 is 3.38. The predicted octanol–water partition coefficient (Wildman–Crippen LogP) is 3.26. The van der Waals surface area contributed by atoms with E-state index < -0.39 is 0 Å². The summed E-state index contributed by atoms with van der Waals surface area (Å²) in [6.45, 7) is 0.205. The Kier molecular flexibility index (Phi) is 3.70. The molecular formula is C17H11BrN4O2. The summed E-state index contributed by atoms with van der Waals surface area (Å²) in [4.78, 5) is 21.1. The minimum absolute atomic E-state index is 0.129. The number of benzene rings is 2. The van der Waals surface area contributed by atoms with Gasteiger partial charge < -0.3 is 4.52 Å². The van der Waals surface area contributed by atoms with Gasteiger partial charge in [0.2, 0.25) is 0 Å². The van der Waals surface area contributed by atoms with Crippen molar-refractivity contribution in [3.63, 3.8) is 0 Å². The highest BCUT2D eigenvalue weighted by molar-refractivity contribution is 9.10. The molecule has 2 heterocycles. The molecule has 0 atom stereocenters. The van der Waals surface area contributed by atoms with E-state index in [2.05, 4.69) is 31.1 Å². The molecule has 7 heteroatoms. The quantitative estimate of drug-likeness (QED) is 0.543. The first kappa shape index (κ1) is 14.8. The molecule has 118 valence electrons. The van der Waals surface area contributed by atoms with E-state index in [-0.39, 0.29) is 12.1 Å². The Hall–Kier alpha value is -2.80. The summed E-state index contributed by atoms with van der Waals surface area (Å²) < 4.78 is 7.72. The lowest BCUT2D eigenvalue weighted by Gasteiger charge is -2.03. The molecule has 0 N–H and O–H groups in total. The van der Waals surface area contributed by atoms with E-state index in [9.17, 15) is 4.79 Å². The maximum absolute atomic E-state index is 12.5. The summed E-state index contributed by atoms with van der Waals surface area (Å²) in [6.07, 6.45) is 1.50. The van der Waals surface area contributed by atoms with Gasteiger partial charge >= 0.3 is 0 Å². The fourth-order valence-corrected chi connectivity index (χ4v) is 2.66. The molecule has 0 spiro atoms. The molecule has 6 nitrogen and oxygen atoms in total. The van der Waals surface area contributed by atoms with Gasteiger partial charge in [-0.15, -0.1) is 0 Å². The Morgan fingerprint density at radius 2 is 1.88 bits per heavy atom. The van der Waals surface area contributed by atoms with E-state index in [1.54, 1.807) is 12.1 Å². The van der Waals surface area contributed by atoms with Crippen LogP contribution in [0.1, 0.15) is 5.82 Å². The third-order valence-electron chi connectivity index (χ3n) is 3.60. The molecule has 0 aliphatic heterocycles. The van der Waals surface area contributed by atoms with E-state index in [1.165, 1.54) is 10.9 Å². The van der Waals surface area contributed by atoms with Crippen molar-refractivity contribution in [2.75, 3.05) is 0 Å². The number of aromatic nitrogens is 4. The third kappa shape index (κ3) is 2.74. The zero-order valence-electron chi connectivity index (χ0n) is 12.4. The summed E-state index contributed by atoms with van der Waals surface area (Å²) in [5.41, 5.74) is 1.36. The van der Waals surface area contributed by atoms with Crippen LogP contribution in [-0.4, -0.2) is 19.7 Å². The SMILES string of the molecule is O=c1c2ccccc2ncn1Cc1noc(-c2ccc(Br)cc2)n1. The molecule has 0 aliphatic carbocycles. The highest BCUT2D eigenvalue weighted by Crippen LogP contribution is 2.20. The van der Waals surface area contributed by atoms with E-state index in [4.69, 9.17) is 4.52 Å². The van der Waals surface area contributed by atoms with Crippen LogP contribution in [0.25, 0.3) is 22.4 Å². The van der Waals surface area contributed by atoms with Gasteiger partial charge in [0.25, 0.3) is 11.4 Å². The second kappa shape index (κ2) is 6.01. The second-order valence-electron chi connectivity index (χ2n) is 5.22. The maximum Gasteiger partial charge on any atom is 0.261 e. The minimum Gasteiger partial charge on any atom is -0.334 e. The average Bonchev–Trinajstić information content (AvgIpc) is 3.07. The first-order valence-electron chi connectivity index (χ1n) is 7.23. The average molecular weight is 383 g/mol. The smallest absolute Gasteiger partial charge is 0.261 e. The maximum atomic E-state index is 12.5. The van der Waals surface area contributed by atoms with Crippen molar-refractivity contribution in [3.05, 3.63) is 75.5 Å². The molecule has 0 aliphatic rings. The summed E-state index contributed by atoms with van der Waals surface area (Å²) in [7, 11) is 0. The van der Waals surface area contributed by atoms with E-state index in [0.717, 1.165) is 10.0 Å². The Morgan fingerprint density at radius 3 is 2.71 bits per heavy atom. The molecule has 2 aromatic heterocycles. The van der Waals surface area contributed by atoms with E-state index >= 15 is 0 Å². The van der Waals surface area contributed by atoms with Crippen LogP contribution in [-0.2, 0) is 6.54 Å². The Balaban J connectivity index is 1.66. The molecule has 0 radical (unpaired) electrons. The van der Waals surface area contributed by atoms with E-state index in [1.807, 2.05) is 36.4 Å². The first-order chi connectivity index (χ1) is 11.7. The van der Waals surface area contributed by atoms with Gasteiger partial charge in [0, 0.05) is 10.0 Å². The second-order valence-corrected chi connectivity index (χ2v) is 6.13. The van der Waals surface area contributed by atoms with Gasteiger partial charge in [0.05, 0.1) is 23.8 Å². The highest BCUT2D eigenvalue weighted by Gasteiger charge is 2.11. The minimum atomic E-state index is -0.129. The van der Waals surface area contributed by atoms with Gasteiger partial charge in [0.1, 0.15) is 0 Å². The van der Waals surface area contributed by atoms with Crippen LogP contribution in [0.5, 0.6) is 0 Å². The van der Waals surface area contributed by atoms with Crippen LogP contribution in [0.3, 0.4) is 0 Å². The van der Waals surface area contributed by atoms with Crippen molar-refractivity contribution in [1.82, 2.24) is 19.7 Å². The number of hydrogen-bond donors (Lipinski definition) is 0. The normalized spacial score (nSPS) is 11.0. The largest absolute Gasteiger partial charge is 0.334 e. The van der Waals surface area contributed by atoms with Crippen molar-refractivity contribution >= 4 is 26.8 Å². The lowest BCUT2D eigenvalue weighted by Crippen LogP contribution is -2.21. The molecule has 0 saturated carbocycles. The molecule has 0 amide bonds. The monoisotopic (exact) mass is 382 g/mol. The fraction of sp³-hybridized carbons (Fsp3) is 0.0588. The third-order valence-corrected chi connectivity index (χ3v) is 4.13. The first-order valence-corrected chi connectivity index (χ1v) is 8.03. The van der Waals surface area contributed by atoms with Crippen LogP contribution in [0.15, 0.2) is 68.6 Å². The standard InChI is InChI=1S/C17H11BrN4O2/c18-12-7-5-11(6-8-12)16-20-15(21-24-16)9-22-10-19-14-4-2-1-3-13(14)17(22)23/h1-8,10H,9H2. The van der Waals surface area contributed by atoms with Crippen LogP contribution >= 0.6 is 15.9 Å². The number of para-hydroxylation sites is 1. The highest BCUT2D eigenvalue weighted by atomic mass is 79.9. The summed E-state index contributed by atoms with van der Waals surface area (Å²) in [5, 5.41) is 4.51.